The fourth-order valence-corrected chi connectivity index (χ4v) is 6.38. The highest BCUT2D eigenvalue weighted by molar-refractivity contribution is 6.87. The molecule has 0 heterocycles. The number of carboxylic acids is 1. The van der Waals surface area contributed by atoms with Crippen LogP contribution < -0.4 is 5.32 Å². The molecule has 0 radical (unpaired) electrons. The second kappa shape index (κ2) is 6.95. The first-order valence-corrected chi connectivity index (χ1v) is 13.5. The van der Waals surface area contributed by atoms with Gasteiger partial charge in [0.15, 0.2) is 0 Å². The predicted molar refractivity (Wildman–Crippen MR) is 110 cm³/mol. The van der Waals surface area contributed by atoms with Gasteiger partial charge >= 0.3 is 5.97 Å². The van der Waals surface area contributed by atoms with Crippen LogP contribution in [0.4, 0.5) is 0 Å². The summed E-state index contributed by atoms with van der Waals surface area (Å²) in [6.07, 6.45) is 6.86. The first-order chi connectivity index (χ1) is 12.4. The van der Waals surface area contributed by atoms with Gasteiger partial charge in [-0.15, -0.1) is 11.5 Å². The van der Waals surface area contributed by atoms with E-state index in [1.807, 2.05) is 0 Å². The largest absolute Gasteiger partial charge is 0.480 e. The van der Waals surface area contributed by atoms with E-state index < -0.39 is 20.1 Å². The van der Waals surface area contributed by atoms with Crippen molar-refractivity contribution in [2.24, 2.45) is 23.2 Å². The van der Waals surface area contributed by atoms with Crippen LogP contribution in [0.25, 0.3) is 0 Å². The number of amides is 1. The van der Waals surface area contributed by atoms with Crippen LogP contribution in [0.3, 0.4) is 0 Å². The van der Waals surface area contributed by atoms with Crippen molar-refractivity contribution in [1.29, 1.82) is 0 Å². The number of hydrogen-bond donors (Lipinski definition) is 2. The van der Waals surface area contributed by atoms with Gasteiger partial charge in [-0.1, -0.05) is 33.9 Å². The van der Waals surface area contributed by atoms with Crippen LogP contribution >= 0.6 is 0 Å². The highest BCUT2D eigenvalue weighted by Gasteiger charge is 2.54. The third-order valence-corrected chi connectivity index (χ3v) is 12.3. The smallest absolute Gasteiger partial charge is 0.327 e. The van der Waals surface area contributed by atoms with Crippen molar-refractivity contribution < 1.29 is 14.7 Å². The Morgan fingerprint density at radius 3 is 2.00 bits per heavy atom. The summed E-state index contributed by atoms with van der Waals surface area (Å²) in [5.74, 6) is 4.12. The van der Waals surface area contributed by atoms with Gasteiger partial charge in [0.05, 0.1) is 0 Å². The number of hydrogen-bond acceptors (Lipinski definition) is 2. The molecule has 4 bridgehead atoms. The average Bonchev–Trinajstić information content (AvgIpc) is 2.51. The van der Waals surface area contributed by atoms with Gasteiger partial charge in [-0.05, 0) is 61.3 Å². The Kier molecular flexibility index (Phi) is 5.27. The van der Waals surface area contributed by atoms with Crippen LogP contribution in [-0.4, -0.2) is 31.1 Å². The molecule has 1 atom stereocenters. The molecule has 4 aliphatic rings. The van der Waals surface area contributed by atoms with E-state index in [2.05, 4.69) is 50.6 Å². The molecule has 4 nitrogen and oxygen atoms in total. The Morgan fingerprint density at radius 2 is 1.59 bits per heavy atom. The van der Waals surface area contributed by atoms with Gasteiger partial charge in [0.25, 0.3) is 0 Å². The Morgan fingerprint density at radius 1 is 1.11 bits per heavy atom. The molecule has 0 unspecified atom stereocenters. The van der Waals surface area contributed by atoms with Gasteiger partial charge in [0, 0.05) is 11.8 Å². The van der Waals surface area contributed by atoms with Crippen LogP contribution in [0.5, 0.6) is 0 Å². The van der Waals surface area contributed by atoms with E-state index in [1.54, 1.807) is 0 Å². The molecule has 0 saturated heterocycles. The van der Waals surface area contributed by atoms with Gasteiger partial charge in [0.2, 0.25) is 5.91 Å². The summed E-state index contributed by atoms with van der Waals surface area (Å²) in [7, 11) is -1.77. The molecule has 4 rings (SSSR count). The summed E-state index contributed by atoms with van der Waals surface area (Å²) in [4.78, 5) is 24.9. The van der Waals surface area contributed by atoms with Gasteiger partial charge in [0.1, 0.15) is 14.1 Å². The molecule has 1 amide bonds. The molecule has 0 spiro atoms. The van der Waals surface area contributed by atoms with Crippen LogP contribution in [0.1, 0.15) is 65.7 Å². The van der Waals surface area contributed by atoms with Crippen molar-refractivity contribution >= 4 is 20.0 Å². The summed E-state index contributed by atoms with van der Waals surface area (Å²) in [5.41, 5.74) is 3.06. The lowest BCUT2D eigenvalue weighted by atomic mass is 9.49. The van der Waals surface area contributed by atoms with E-state index >= 15 is 0 Å². The molecule has 0 aromatic carbocycles. The molecule has 0 aromatic heterocycles. The Bertz CT molecular complexity index is 645. The van der Waals surface area contributed by atoms with Crippen LogP contribution in [-0.2, 0) is 9.59 Å². The molecule has 2 N–H and O–H groups in total. The zero-order valence-corrected chi connectivity index (χ0v) is 18.5. The minimum atomic E-state index is -1.77. The number of nitrogens with one attached hydrogen (secondary N) is 1. The Hall–Kier alpha value is -1.28. The number of aliphatic carboxylic acids is 1. The maximum Gasteiger partial charge on any atom is 0.327 e. The van der Waals surface area contributed by atoms with Crippen molar-refractivity contribution in [2.45, 2.75) is 89.9 Å². The minimum Gasteiger partial charge on any atom is -0.480 e. The van der Waals surface area contributed by atoms with E-state index in [9.17, 15) is 14.7 Å². The first kappa shape index (κ1) is 20.5. The van der Waals surface area contributed by atoms with Gasteiger partial charge in [-0.3, -0.25) is 4.79 Å². The van der Waals surface area contributed by atoms with E-state index in [1.165, 1.54) is 19.3 Å². The summed E-state index contributed by atoms with van der Waals surface area (Å²) in [6.45, 7) is 11.0. The third kappa shape index (κ3) is 4.11. The summed E-state index contributed by atoms with van der Waals surface area (Å²) in [5, 5.41) is 12.6. The van der Waals surface area contributed by atoms with E-state index in [0.29, 0.717) is 17.8 Å². The first-order valence-electron chi connectivity index (χ1n) is 10.5. The third-order valence-electron chi connectivity index (χ3n) is 7.71. The number of carboxylic acid groups (broad SMARTS) is 1. The quantitative estimate of drug-likeness (QED) is 0.559. The lowest BCUT2D eigenvalue weighted by molar-refractivity contribution is -0.151. The molecule has 4 aliphatic carbocycles. The molecular weight excluding hydrogens is 354 g/mol. The SMILES string of the molecule is CC(C)(C)[Si](C)(C)C#CC[C@@H](NC(=O)C12CC3CC(CC(C3)C1)C2)C(=O)O. The Labute approximate surface area is 164 Å². The van der Waals surface area contributed by atoms with Crippen LogP contribution in [0, 0.1) is 34.6 Å². The van der Waals surface area contributed by atoms with Gasteiger partial charge < -0.3 is 10.4 Å². The number of rotatable bonds is 4. The minimum absolute atomic E-state index is 0.0249. The molecule has 4 saturated carbocycles. The topological polar surface area (TPSA) is 66.4 Å². The van der Waals surface area contributed by atoms with Crippen molar-refractivity contribution in [3.8, 4) is 11.5 Å². The van der Waals surface area contributed by atoms with Crippen molar-refractivity contribution in [2.75, 3.05) is 0 Å². The standard InChI is InChI=1S/C22H35NO3Si/c1-21(2,3)27(4,5)8-6-7-18(19(24)25)23-20(26)22-12-15-9-16(13-22)11-17(10-15)14-22/h15-18H,7,9-14H2,1-5H3,(H,23,26)(H,24,25)/t15?,16?,17?,18-,22?/m1/s1. The molecule has 150 valence electrons. The lowest BCUT2D eigenvalue weighted by Crippen LogP contribution is -2.56. The molecule has 4 fully saturated rings. The van der Waals surface area contributed by atoms with Crippen molar-refractivity contribution in [3.05, 3.63) is 0 Å². The van der Waals surface area contributed by atoms with Crippen molar-refractivity contribution in [3.63, 3.8) is 0 Å². The molecule has 27 heavy (non-hydrogen) atoms. The lowest BCUT2D eigenvalue weighted by Gasteiger charge is -2.55. The highest BCUT2D eigenvalue weighted by atomic mass is 28.3. The predicted octanol–water partition coefficient (Wildman–Crippen LogP) is 4.21. The van der Waals surface area contributed by atoms with E-state index in [-0.39, 0.29) is 22.8 Å². The normalized spacial score (nSPS) is 33.1. The van der Waals surface area contributed by atoms with E-state index in [0.717, 1.165) is 19.3 Å². The summed E-state index contributed by atoms with van der Waals surface area (Å²) in [6, 6.07) is -0.900. The number of carbonyl (C=O) groups is 2. The fraction of sp³-hybridized carbons (Fsp3) is 0.818. The maximum absolute atomic E-state index is 13.1. The molecule has 0 aromatic rings. The average molecular weight is 390 g/mol. The zero-order chi connectivity index (χ0) is 20.0. The van der Waals surface area contributed by atoms with E-state index in [4.69, 9.17) is 0 Å². The second-order valence-corrected chi connectivity index (χ2v) is 15.9. The molecule has 0 aliphatic heterocycles. The molecule has 5 heteroatoms. The monoisotopic (exact) mass is 389 g/mol. The van der Waals surface area contributed by atoms with Crippen LogP contribution in [0.2, 0.25) is 18.1 Å². The van der Waals surface area contributed by atoms with Gasteiger partial charge in [-0.2, -0.15) is 0 Å². The number of carbonyl (C=O) groups excluding carboxylic acids is 1. The van der Waals surface area contributed by atoms with Gasteiger partial charge in [-0.25, -0.2) is 4.79 Å². The molecular formula is C22H35NO3Si. The van der Waals surface area contributed by atoms with Crippen LogP contribution in [0.15, 0.2) is 0 Å². The summed E-state index contributed by atoms with van der Waals surface area (Å²) >= 11 is 0. The summed E-state index contributed by atoms with van der Waals surface area (Å²) < 4.78 is 0. The fourth-order valence-electron chi connectivity index (χ4n) is 5.46. The van der Waals surface area contributed by atoms with Crippen molar-refractivity contribution in [1.82, 2.24) is 5.32 Å². The second-order valence-electron chi connectivity index (χ2n) is 10.9. The highest BCUT2D eigenvalue weighted by Crippen LogP contribution is 2.60. The Balaban J connectivity index is 1.67. The maximum atomic E-state index is 13.1. The zero-order valence-electron chi connectivity index (χ0n) is 17.5.